The number of phenols is 1. The number of carboxylic acids is 2. The Morgan fingerprint density at radius 2 is 1.12 bits per heavy atom. The van der Waals surface area contributed by atoms with Gasteiger partial charge in [0, 0.05) is 26.1 Å². The SMILES string of the molecule is CSCC[C@H](NC(=O)[C@H](CC(=O)O)NC(=O)[C@H](CCCCN)NC(=O)[C@H](Cc1ccccc1)NC(=O)[C@H](CO)NC(=O)[C@@H](N)Cc1ccc(O)cc1)C(=O)N1CCC[C@H]1C(=O)N[C@@H](CC(C)C)C(=O)N1CCC[C@@H]1C(=O)N[C@@H](CCCN=C(N)N)C(=O)O. The van der Waals surface area contributed by atoms with Crippen molar-refractivity contribution in [3.63, 3.8) is 0 Å². The summed E-state index contributed by atoms with van der Waals surface area (Å²) in [4.78, 5) is 158. The second-order valence-electron chi connectivity index (χ2n) is 22.2. The molecular formula is C58H88N14O15S. The number of hydrogen-bond acceptors (Lipinski definition) is 17. The molecule has 0 saturated carbocycles. The average molecular weight is 1250 g/mol. The first-order valence-corrected chi connectivity index (χ1v) is 30.9. The minimum absolute atomic E-state index is 0.00125. The van der Waals surface area contributed by atoms with Gasteiger partial charge in [0.05, 0.1) is 19.1 Å². The lowest BCUT2D eigenvalue weighted by Gasteiger charge is -2.33. The highest BCUT2D eigenvalue weighted by molar-refractivity contribution is 7.98. The predicted molar refractivity (Wildman–Crippen MR) is 325 cm³/mol. The third-order valence-electron chi connectivity index (χ3n) is 14.8. The topological polar surface area (TPSA) is 476 Å². The van der Waals surface area contributed by atoms with Crippen molar-refractivity contribution in [3.8, 4) is 5.75 Å². The molecule has 2 aliphatic heterocycles. The van der Waals surface area contributed by atoms with Gasteiger partial charge in [-0.2, -0.15) is 11.8 Å². The Bertz CT molecular complexity index is 2720. The number of aromatic hydroxyl groups is 1. The number of aliphatic imine (C=N–C) groups is 1. The van der Waals surface area contributed by atoms with Crippen LogP contribution in [0.2, 0.25) is 0 Å². The number of thioether (sulfide) groups is 1. The molecule has 10 atom stereocenters. The van der Waals surface area contributed by atoms with E-state index in [1.54, 1.807) is 48.7 Å². The number of guanidine groups is 1. The number of hydrogen-bond donors (Lipinski definition) is 15. The monoisotopic (exact) mass is 1250 g/mol. The minimum atomic E-state index is -1.83. The molecule has 0 unspecified atom stereocenters. The maximum Gasteiger partial charge on any atom is 0.326 e. The van der Waals surface area contributed by atoms with Crippen LogP contribution in [0.15, 0.2) is 59.6 Å². The zero-order valence-electron chi connectivity index (χ0n) is 50.0. The van der Waals surface area contributed by atoms with Crippen LogP contribution in [0.1, 0.15) is 102 Å². The van der Waals surface area contributed by atoms with Gasteiger partial charge in [-0.15, -0.1) is 0 Å². The number of aliphatic hydroxyl groups excluding tert-OH is 1. The maximum absolute atomic E-state index is 14.6. The lowest BCUT2D eigenvalue weighted by Crippen LogP contribution is -2.61. The second-order valence-corrected chi connectivity index (χ2v) is 23.2. The summed E-state index contributed by atoms with van der Waals surface area (Å²) in [5, 5.41) is 57.7. The van der Waals surface area contributed by atoms with Gasteiger partial charge in [-0.1, -0.05) is 56.3 Å². The van der Waals surface area contributed by atoms with Gasteiger partial charge in [0.15, 0.2) is 5.96 Å². The fourth-order valence-electron chi connectivity index (χ4n) is 10.2. The number of unbranched alkanes of at least 4 members (excludes halogenated alkanes) is 1. The first-order chi connectivity index (χ1) is 41.9. The van der Waals surface area contributed by atoms with Crippen LogP contribution in [0.5, 0.6) is 5.75 Å². The molecule has 2 heterocycles. The molecule has 486 valence electrons. The molecule has 2 aromatic carbocycles. The number of phenolic OH excluding ortho intramolecular Hbond substituents is 1. The van der Waals surface area contributed by atoms with E-state index >= 15 is 0 Å². The van der Waals surface area contributed by atoms with Crippen molar-refractivity contribution in [2.24, 2.45) is 33.8 Å². The molecule has 2 aromatic rings. The zero-order chi connectivity index (χ0) is 65.0. The number of benzene rings is 2. The summed E-state index contributed by atoms with van der Waals surface area (Å²) in [7, 11) is 0. The number of carbonyl (C=O) groups excluding carboxylic acids is 9. The van der Waals surface area contributed by atoms with E-state index in [0.29, 0.717) is 36.1 Å². The minimum Gasteiger partial charge on any atom is -0.508 e. The number of aliphatic carboxylic acids is 2. The second kappa shape index (κ2) is 36.9. The van der Waals surface area contributed by atoms with Crippen molar-refractivity contribution in [2.75, 3.05) is 44.8 Å². The van der Waals surface area contributed by atoms with Crippen LogP contribution in [-0.4, -0.2) is 207 Å². The van der Waals surface area contributed by atoms with Gasteiger partial charge in [-0.05, 0) is 125 Å². The summed E-state index contributed by atoms with van der Waals surface area (Å²) < 4.78 is 0. The van der Waals surface area contributed by atoms with E-state index in [-0.39, 0.29) is 108 Å². The standard InChI is InChI=1S/C58H88N14O15S/c1-33(2)28-43(56(85)72-26-11-16-45(72)53(82)66-40(57(86)87)15-9-24-63-58(61)62)69-54(83)46-17-10-25-71(46)55(84)39(22-27-88-3)65-51(80)42(31-47(75)76)68-49(78)38(14-7-8-23-59)64-50(79)41(30-34-12-5-4-6-13-34)67-52(81)44(32-73)70-48(77)37(60)29-35-18-20-36(74)21-19-35/h4-6,12-13,18-21,33,37-46,73-74H,7-11,14-17,22-32,59-60H2,1-3H3,(H,64,79)(H,65,80)(H,66,82)(H,67,81)(H,68,78)(H,69,83)(H,70,77)(H,75,76)(H,86,87)(H4,61,62,63)/t37-,38-,39-,40-,41-,42-,43-,44-,45+,46-/m0/s1. The van der Waals surface area contributed by atoms with Crippen LogP contribution in [-0.2, 0) is 65.6 Å². The number of carbonyl (C=O) groups is 11. The fraction of sp³-hybridized carbons (Fsp3) is 0.586. The number of likely N-dealkylation sites (tertiary alicyclic amines) is 2. The molecular weight excluding hydrogens is 1160 g/mol. The number of nitrogens with one attached hydrogen (secondary N) is 7. The Labute approximate surface area is 515 Å². The van der Waals surface area contributed by atoms with Gasteiger partial charge < -0.3 is 90.4 Å². The Balaban J connectivity index is 1.51. The third-order valence-corrected chi connectivity index (χ3v) is 15.5. The number of nitrogens with two attached hydrogens (primary N) is 4. The van der Waals surface area contributed by atoms with E-state index in [9.17, 15) is 73.2 Å². The van der Waals surface area contributed by atoms with Gasteiger partial charge in [-0.3, -0.25) is 52.9 Å². The molecule has 0 bridgehead atoms. The number of nitrogens with zero attached hydrogens (tertiary/aromatic N) is 3. The van der Waals surface area contributed by atoms with E-state index < -0.39 is 139 Å². The Morgan fingerprint density at radius 3 is 1.68 bits per heavy atom. The molecule has 2 aliphatic rings. The fourth-order valence-corrected chi connectivity index (χ4v) is 10.7. The van der Waals surface area contributed by atoms with Crippen molar-refractivity contribution < 1.29 is 73.2 Å². The lowest BCUT2D eigenvalue weighted by molar-refractivity contribution is -0.146. The summed E-state index contributed by atoms with van der Waals surface area (Å²) in [6.07, 6.45) is 2.71. The van der Waals surface area contributed by atoms with E-state index in [1.807, 2.05) is 13.8 Å². The van der Waals surface area contributed by atoms with Crippen molar-refractivity contribution in [2.45, 2.75) is 164 Å². The highest BCUT2D eigenvalue weighted by Gasteiger charge is 2.43. The Hall–Kier alpha value is -8.09. The van der Waals surface area contributed by atoms with Crippen molar-refractivity contribution in [1.82, 2.24) is 47.0 Å². The molecule has 2 fully saturated rings. The van der Waals surface area contributed by atoms with Crippen LogP contribution in [0, 0.1) is 5.92 Å². The highest BCUT2D eigenvalue weighted by Crippen LogP contribution is 2.24. The summed E-state index contributed by atoms with van der Waals surface area (Å²) in [5.74, 6) is -10.3. The summed E-state index contributed by atoms with van der Waals surface area (Å²) in [5.41, 5.74) is 23.8. The van der Waals surface area contributed by atoms with E-state index in [4.69, 9.17) is 22.9 Å². The number of amides is 9. The first kappa shape index (κ1) is 72.4. The Kier molecular flexibility index (Phi) is 30.4. The predicted octanol–water partition coefficient (Wildman–Crippen LogP) is -2.59. The van der Waals surface area contributed by atoms with Crippen LogP contribution in [0.4, 0.5) is 0 Å². The van der Waals surface area contributed by atoms with Crippen LogP contribution < -0.4 is 60.2 Å². The Morgan fingerprint density at radius 1 is 0.614 bits per heavy atom. The molecule has 0 aliphatic carbocycles. The summed E-state index contributed by atoms with van der Waals surface area (Å²) in [6, 6.07) is 0.848. The van der Waals surface area contributed by atoms with Crippen LogP contribution in [0.25, 0.3) is 0 Å². The van der Waals surface area contributed by atoms with Gasteiger partial charge >= 0.3 is 11.9 Å². The molecule has 0 aromatic heterocycles. The van der Waals surface area contributed by atoms with E-state index in [2.05, 4.69) is 42.2 Å². The molecule has 4 rings (SSSR count). The van der Waals surface area contributed by atoms with Crippen molar-refractivity contribution in [3.05, 3.63) is 65.7 Å². The molecule has 19 N–H and O–H groups in total. The molecule has 0 spiro atoms. The molecule has 88 heavy (non-hydrogen) atoms. The molecule has 0 radical (unpaired) electrons. The van der Waals surface area contributed by atoms with Crippen molar-refractivity contribution in [1.29, 1.82) is 0 Å². The molecule has 2 saturated heterocycles. The first-order valence-electron chi connectivity index (χ1n) is 29.5. The van der Waals surface area contributed by atoms with Crippen LogP contribution >= 0.6 is 11.8 Å². The third kappa shape index (κ3) is 23.5. The van der Waals surface area contributed by atoms with Gasteiger partial charge in [-0.25, -0.2) is 4.79 Å². The number of rotatable bonds is 37. The number of carboxylic acid groups (broad SMARTS) is 2. The maximum atomic E-state index is 14.6. The smallest absolute Gasteiger partial charge is 0.326 e. The quantitative estimate of drug-likeness (QED) is 0.0188. The highest BCUT2D eigenvalue weighted by atomic mass is 32.2. The molecule has 30 heteroatoms. The normalized spacial score (nSPS) is 17.4. The van der Waals surface area contributed by atoms with Crippen LogP contribution in [0.3, 0.4) is 0 Å². The largest absolute Gasteiger partial charge is 0.508 e. The summed E-state index contributed by atoms with van der Waals surface area (Å²) >= 11 is 1.33. The molecule has 9 amide bonds. The number of aliphatic hydroxyl groups is 1. The van der Waals surface area contributed by atoms with Gasteiger partial charge in [0.1, 0.15) is 60.1 Å². The van der Waals surface area contributed by atoms with Gasteiger partial charge in [0.25, 0.3) is 0 Å². The van der Waals surface area contributed by atoms with Crippen molar-refractivity contribution >= 4 is 82.8 Å². The van der Waals surface area contributed by atoms with E-state index in [0.717, 1.165) is 0 Å². The zero-order valence-corrected chi connectivity index (χ0v) is 50.8. The van der Waals surface area contributed by atoms with E-state index in [1.165, 1.54) is 33.7 Å². The van der Waals surface area contributed by atoms with Gasteiger partial charge in [0.2, 0.25) is 53.2 Å². The molecule has 29 nitrogen and oxygen atoms in total. The summed E-state index contributed by atoms with van der Waals surface area (Å²) in [6.45, 7) is 3.28. The average Bonchev–Trinajstić information content (AvgIpc) is 4.22. The lowest BCUT2D eigenvalue weighted by atomic mass is 10.0.